The van der Waals surface area contributed by atoms with Crippen molar-refractivity contribution in [3.05, 3.63) is 29.3 Å². The molecule has 0 bridgehead atoms. The smallest absolute Gasteiger partial charge is 0.124 e. The third-order valence-electron chi connectivity index (χ3n) is 3.05. The monoisotopic (exact) mass is 256 g/mol. The maximum atomic E-state index is 9.68. The predicted octanol–water partition coefficient (Wildman–Crippen LogP) is 2.65. The molecule has 1 aromatic carbocycles. The minimum atomic E-state index is -0.293. The standard InChI is InChI=1S/C13H17ClO3/c1-16-12-3-2-9(8-14)6-11(12)13-7-10(15)4-5-17-13/h2-3,6,10,13,15H,4-5,7-8H2,1H3. The topological polar surface area (TPSA) is 38.7 Å². The molecule has 1 saturated heterocycles. The first-order valence-electron chi connectivity index (χ1n) is 5.77. The van der Waals surface area contributed by atoms with E-state index in [0.717, 1.165) is 16.9 Å². The largest absolute Gasteiger partial charge is 0.496 e. The van der Waals surface area contributed by atoms with E-state index in [0.29, 0.717) is 25.3 Å². The van der Waals surface area contributed by atoms with Crippen molar-refractivity contribution in [3.8, 4) is 5.75 Å². The van der Waals surface area contributed by atoms with Gasteiger partial charge in [-0.25, -0.2) is 0 Å². The van der Waals surface area contributed by atoms with E-state index in [9.17, 15) is 5.11 Å². The van der Waals surface area contributed by atoms with Gasteiger partial charge in [-0.1, -0.05) is 6.07 Å². The summed E-state index contributed by atoms with van der Waals surface area (Å²) in [6.45, 7) is 0.583. The van der Waals surface area contributed by atoms with Gasteiger partial charge >= 0.3 is 0 Å². The van der Waals surface area contributed by atoms with Gasteiger partial charge in [0, 0.05) is 24.5 Å². The molecular weight excluding hydrogens is 240 g/mol. The van der Waals surface area contributed by atoms with Crippen molar-refractivity contribution in [3.63, 3.8) is 0 Å². The maximum absolute atomic E-state index is 9.68. The molecular formula is C13H17ClO3. The summed E-state index contributed by atoms with van der Waals surface area (Å²) in [6.07, 6.45) is 0.922. The van der Waals surface area contributed by atoms with E-state index in [4.69, 9.17) is 21.1 Å². The molecule has 94 valence electrons. The molecule has 17 heavy (non-hydrogen) atoms. The highest BCUT2D eigenvalue weighted by atomic mass is 35.5. The fourth-order valence-corrected chi connectivity index (χ4v) is 2.28. The van der Waals surface area contributed by atoms with Crippen LogP contribution in [0.15, 0.2) is 18.2 Å². The molecule has 2 atom stereocenters. The highest BCUT2D eigenvalue weighted by Crippen LogP contribution is 2.34. The average molecular weight is 257 g/mol. The van der Waals surface area contributed by atoms with Crippen LogP contribution in [0.25, 0.3) is 0 Å². The van der Waals surface area contributed by atoms with E-state index in [1.807, 2.05) is 18.2 Å². The molecule has 1 aliphatic rings. The number of ether oxygens (including phenoxy) is 2. The summed E-state index contributed by atoms with van der Waals surface area (Å²) in [5, 5.41) is 9.68. The number of aliphatic hydroxyl groups is 1. The quantitative estimate of drug-likeness (QED) is 0.845. The second kappa shape index (κ2) is 5.71. The third-order valence-corrected chi connectivity index (χ3v) is 3.36. The van der Waals surface area contributed by atoms with Crippen molar-refractivity contribution in [2.45, 2.75) is 30.9 Å². The number of aliphatic hydroxyl groups excluding tert-OH is 1. The molecule has 0 aromatic heterocycles. The van der Waals surface area contributed by atoms with E-state index >= 15 is 0 Å². The van der Waals surface area contributed by atoms with Gasteiger partial charge in [-0.3, -0.25) is 0 Å². The molecule has 1 N–H and O–H groups in total. The van der Waals surface area contributed by atoms with Crippen molar-refractivity contribution in [2.24, 2.45) is 0 Å². The first kappa shape index (κ1) is 12.7. The Hall–Kier alpha value is -0.770. The van der Waals surface area contributed by atoms with Crippen molar-refractivity contribution < 1.29 is 14.6 Å². The lowest BCUT2D eigenvalue weighted by Crippen LogP contribution is -2.23. The third kappa shape index (κ3) is 2.92. The zero-order valence-electron chi connectivity index (χ0n) is 9.86. The maximum Gasteiger partial charge on any atom is 0.124 e. The number of rotatable bonds is 3. The number of benzene rings is 1. The number of methoxy groups -OCH3 is 1. The summed E-state index contributed by atoms with van der Waals surface area (Å²) >= 11 is 5.83. The van der Waals surface area contributed by atoms with Gasteiger partial charge in [-0.05, 0) is 24.1 Å². The predicted molar refractivity (Wildman–Crippen MR) is 66.5 cm³/mol. The van der Waals surface area contributed by atoms with Crippen molar-refractivity contribution in [2.75, 3.05) is 13.7 Å². The summed E-state index contributed by atoms with van der Waals surface area (Å²) < 4.78 is 11.0. The molecule has 1 heterocycles. The minimum Gasteiger partial charge on any atom is -0.496 e. The number of halogens is 1. The molecule has 0 saturated carbocycles. The highest BCUT2D eigenvalue weighted by molar-refractivity contribution is 6.17. The zero-order chi connectivity index (χ0) is 12.3. The molecule has 2 unspecified atom stereocenters. The fraction of sp³-hybridized carbons (Fsp3) is 0.538. The number of alkyl halides is 1. The molecule has 0 amide bonds. The Morgan fingerprint density at radius 1 is 1.53 bits per heavy atom. The summed E-state index contributed by atoms with van der Waals surface area (Å²) in [7, 11) is 1.64. The molecule has 0 spiro atoms. The van der Waals surface area contributed by atoms with E-state index < -0.39 is 0 Å². The second-order valence-electron chi connectivity index (χ2n) is 4.25. The molecule has 1 aromatic rings. The number of hydrogen-bond donors (Lipinski definition) is 1. The van der Waals surface area contributed by atoms with Crippen LogP contribution in [-0.4, -0.2) is 24.9 Å². The van der Waals surface area contributed by atoms with E-state index in [-0.39, 0.29) is 12.2 Å². The van der Waals surface area contributed by atoms with Gasteiger partial charge in [0.2, 0.25) is 0 Å². The Morgan fingerprint density at radius 2 is 2.35 bits per heavy atom. The lowest BCUT2D eigenvalue weighted by atomic mass is 9.97. The van der Waals surface area contributed by atoms with Crippen LogP contribution < -0.4 is 4.74 Å². The van der Waals surface area contributed by atoms with E-state index in [1.165, 1.54) is 0 Å². The molecule has 3 nitrogen and oxygen atoms in total. The van der Waals surface area contributed by atoms with Crippen LogP contribution in [-0.2, 0) is 10.6 Å². The summed E-state index contributed by atoms with van der Waals surface area (Å²) in [4.78, 5) is 0. The Bertz CT molecular complexity index is 381. The van der Waals surface area contributed by atoms with Gasteiger partial charge in [0.1, 0.15) is 5.75 Å². The first-order valence-corrected chi connectivity index (χ1v) is 6.30. The lowest BCUT2D eigenvalue weighted by molar-refractivity contribution is -0.0455. The van der Waals surface area contributed by atoms with Gasteiger partial charge in [-0.15, -0.1) is 11.6 Å². The van der Waals surface area contributed by atoms with Gasteiger partial charge in [-0.2, -0.15) is 0 Å². The van der Waals surface area contributed by atoms with Crippen molar-refractivity contribution in [1.82, 2.24) is 0 Å². The highest BCUT2D eigenvalue weighted by Gasteiger charge is 2.25. The fourth-order valence-electron chi connectivity index (χ4n) is 2.11. The Balaban J connectivity index is 2.27. The molecule has 0 radical (unpaired) electrons. The summed E-state index contributed by atoms with van der Waals surface area (Å²) in [6, 6.07) is 5.83. The number of hydrogen-bond acceptors (Lipinski definition) is 3. The first-order chi connectivity index (χ1) is 8.24. The van der Waals surface area contributed by atoms with Gasteiger partial charge in [0.15, 0.2) is 0 Å². The zero-order valence-corrected chi connectivity index (χ0v) is 10.6. The average Bonchev–Trinajstić information content (AvgIpc) is 2.38. The van der Waals surface area contributed by atoms with Gasteiger partial charge in [0.05, 0.1) is 19.3 Å². The second-order valence-corrected chi connectivity index (χ2v) is 4.51. The van der Waals surface area contributed by atoms with Crippen molar-refractivity contribution in [1.29, 1.82) is 0 Å². The van der Waals surface area contributed by atoms with Crippen LogP contribution in [0.5, 0.6) is 5.75 Å². The Labute approximate surface area is 106 Å². The van der Waals surface area contributed by atoms with Crippen LogP contribution in [0, 0.1) is 0 Å². The molecule has 1 aliphatic heterocycles. The van der Waals surface area contributed by atoms with Crippen LogP contribution in [0.4, 0.5) is 0 Å². The molecule has 0 aliphatic carbocycles. The van der Waals surface area contributed by atoms with Gasteiger partial charge < -0.3 is 14.6 Å². The van der Waals surface area contributed by atoms with Crippen LogP contribution >= 0.6 is 11.6 Å². The lowest BCUT2D eigenvalue weighted by Gasteiger charge is -2.28. The van der Waals surface area contributed by atoms with E-state index in [1.54, 1.807) is 7.11 Å². The summed E-state index contributed by atoms with van der Waals surface area (Å²) in [5.41, 5.74) is 2.01. The molecule has 1 fully saturated rings. The van der Waals surface area contributed by atoms with Crippen LogP contribution in [0.1, 0.15) is 30.1 Å². The Morgan fingerprint density at radius 3 is 3.00 bits per heavy atom. The molecule has 2 rings (SSSR count). The molecule has 4 heteroatoms. The summed E-state index contributed by atoms with van der Waals surface area (Å²) in [5.74, 6) is 1.25. The van der Waals surface area contributed by atoms with Crippen LogP contribution in [0.3, 0.4) is 0 Å². The normalized spacial score (nSPS) is 24.6. The van der Waals surface area contributed by atoms with E-state index in [2.05, 4.69) is 0 Å². The Kier molecular flexibility index (Phi) is 4.26. The minimum absolute atomic E-state index is 0.100. The van der Waals surface area contributed by atoms with Crippen LogP contribution in [0.2, 0.25) is 0 Å². The van der Waals surface area contributed by atoms with Crippen molar-refractivity contribution >= 4 is 11.6 Å². The van der Waals surface area contributed by atoms with Gasteiger partial charge in [0.25, 0.3) is 0 Å². The SMILES string of the molecule is COc1ccc(CCl)cc1C1CC(O)CCO1.